The first-order valence-corrected chi connectivity index (χ1v) is 7.44. The van der Waals surface area contributed by atoms with E-state index in [0.717, 1.165) is 6.07 Å². The first-order valence-electron chi connectivity index (χ1n) is 6.27. The van der Waals surface area contributed by atoms with E-state index in [-0.39, 0.29) is 32.2 Å². The maximum atomic E-state index is 12.2. The molecule has 0 saturated carbocycles. The molecule has 2 aromatic carbocycles. The van der Waals surface area contributed by atoms with Gasteiger partial charge in [0, 0.05) is 17.3 Å². The quantitative estimate of drug-likeness (QED) is 0.552. The van der Waals surface area contributed by atoms with E-state index in [1.807, 2.05) is 0 Å². The van der Waals surface area contributed by atoms with E-state index in [4.69, 9.17) is 11.6 Å². The number of nitrogens with one attached hydrogen (secondary N) is 1. The monoisotopic (exact) mass is 420 g/mol. The number of ether oxygens (including phenoxy) is 1. The van der Waals surface area contributed by atoms with Crippen LogP contribution < -0.4 is 10.1 Å². The Morgan fingerprint density at radius 2 is 2.00 bits per heavy atom. The van der Waals surface area contributed by atoms with Crippen LogP contribution in [-0.4, -0.2) is 17.4 Å². The summed E-state index contributed by atoms with van der Waals surface area (Å²) in [6.07, 6.45) is 0. The standard InChI is InChI=1S/C14H8BrClF2N2O4/c15-9-3-1-7(5-11(9)20(22)23)13(21)19-8-2-4-12(10(16)6-8)24-14(17)18/h1-6,14H,(H,19,21). The molecule has 0 spiro atoms. The van der Waals surface area contributed by atoms with Crippen LogP contribution >= 0.6 is 27.5 Å². The molecule has 0 radical (unpaired) electrons. The van der Waals surface area contributed by atoms with Gasteiger partial charge in [0.05, 0.1) is 14.4 Å². The molecule has 0 aliphatic rings. The minimum absolute atomic E-state index is 0.0499. The van der Waals surface area contributed by atoms with Crippen molar-refractivity contribution < 1.29 is 23.2 Å². The molecule has 24 heavy (non-hydrogen) atoms. The number of rotatable bonds is 5. The van der Waals surface area contributed by atoms with Gasteiger partial charge in [0.15, 0.2) is 0 Å². The van der Waals surface area contributed by atoms with Crippen LogP contribution in [0.15, 0.2) is 40.9 Å². The third kappa shape index (κ3) is 4.39. The summed E-state index contributed by atoms with van der Waals surface area (Å²) >= 11 is 8.80. The van der Waals surface area contributed by atoms with E-state index >= 15 is 0 Å². The Morgan fingerprint density at radius 3 is 2.58 bits per heavy atom. The molecule has 10 heteroatoms. The van der Waals surface area contributed by atoms with Gasteiger partial charge in [-0.25, -0.2) is 0 Å². The highest BCUT2D eigenvalue weighted by Crippen LogP contribution is 2.30. The predicted octanol–water partition coefficient (Wildman–Crippen LogP) is 4.86. The molecule has 2 aromatic rings. The van der Waals surface area contributed by atoms with Gasteiger partial charge < -0.3 is 10.1 Å². The molecule has 0 saturated heterocycles. The van der Waals surface area contributed by atoms with Crippen LogP contribution in [0.2, 0.25) is 5.02 Å². The van der Waals surface area contributed by atoms with E-state index in [2.05, 4.69) is 26.0 Å². The number of hydrogen-bond donors (Lipinski definition) is 1. The van der Waals surface area contributed by atoms with Gasteiger partial charge in [-0.1, -0.05) is 11.6 Å². The Morgan fingerprint density at radius 1 is 1.29 bits per heavy atom. The Bertz CT molecular complexity index is 804. The van der Waals surface area contributed by atoms with E-state index in [1.54, 1.807) is 0 Å². The Kier molecular flexibility index (Phi) is 5.68. The first-order chi connectivity index (χ1) is 11.3. The van der Waals surface area contributed by atoms with Crippen molar-refractivity contribution >= 4 is 44.8 Å². The molecule has 1 N–H and O–H groups in total. The number of hydrogen-bond acceptors (Lipinski definition) is 4. The number of amides is 1. The molecular formula is C14H8BrClF2N2O4. The number of benzene rings is 2. The largest absolute Gasteiger partial charge is 0.433 e. The van der Waals surface area contributed by atoms with Crippen LogP contribution in [-0.2, 0) is 0 Å². The molecule has 0 heterocycles. The van der Waals surface area contributed by atoms with Crippen LogP contribution in [0.25, 0.3) is 0 Å². The van der Waals surface area contributed by atoms with Gasteiger partial charge in [-0.3, -0.25) is 14.9 Å². The summed E-state index contributed by atoms with van der Waals surface area (Å²) in [5, 5.41) is 13.2. The summed E-state index contributed by atoms with van der Waals surface area (Å²) in [5.41, 5.74) is 0.00693. The highest BCUT2D eigenvalue weighted by atomic mass is 79.9. The minimum Gasteiger partial charge on any atom is -0.433 e. The number of alkyl halides is 2. The molecule has 0 aliphatic heterocycles. The summed E-state index contributed by atoms with van der Waals surface area (Å²) in [4.78, 5) is 22.4. The van der Waals surface area contributed by atoms with Crippen molar-refractivity contribution in [3.05, 3.63) is 61.6 Å². The van der Waals surface area contributed by atoms with Gasteiger partial charge in [0.25, 0.3) is 11.6 Å². The Hall–Kier alpha value is -2.26. The Labute approximate surface area is 147 Å². The van der Waals surface area contributed by atoms with Crippen LogP contribution in [0.3, 0.4) is 0 Å². The van der Waals surface area contributed by atoms with Crippen LogP contribution in [0.1, 0.15) is 10.4 Å². The second-order valence-corrected chi connectivity index (χ2v) is 5.66. The topological polar surface area (TPSA) is 81.5 Å². The third-order valence-electron chi connectivity index (χ3n) is 2.81. The van der Waals surface area contributed by atoms with Crippen molar-refractivity contribution in [2.24, 2.45) is 0 Å². The van der Waals surface area contributed by atoms with Crippen molar-refractivity contribution in [3.8, 4) is 5.75 Å². The molecule has 0 fully saturated rings. The summed E-state index contributed by atoms with van der Waals surface area (Å²) in [7, 11) is 0. The summed E-state index contributed by atoms with van der Waals surface area (Å²) in [6, 6.07) is 7.59. The number of nitro groups is 1. The van der Waals surface area contributed by atoms with E-state index in [0.29, 0.717) is 0 Å². The SMILES string of the molecule is O=C(Nc1ccc(OC(F)F)c(Cl)c1)c1ccc(Br)c([N+](=O)[O-])c1. The number of nitro benzene ring substituents is 1. The molecule has 126 valence electrons. The van der Waals surface area contributed by atoms with Gasteiger partial charge in [-0.2, -0.15) is 8.78 Å². The lowest BCUT2D eigenvalue weighted by molar-refractivity contribution is -0.385. The molecule has 0 bridgehead atoms. The average Bonchev–Trinajstić information content (AvgIpc) is 2.49. The summed E-state index contributed by atoms with van der Waals surface area (Å²) in [5.74, 6) is -0.854. The lowest BCUT2D eigenvalue weighted by atomic mass is 10.2. The van der Waals surface area contributed by atoms with Crippen molar-refractivity contribution in [2.75, 3.05) is 5.32 Å². The van der Waals surface area contributed by atoms with Gasteiger partial charge >= 0.3 is 6.61 Å². The van der Waals surface area contributed by atoms with Crippen molar-refractivity contribution in [2.45, 2.75) is 6.61 Å². The van der Waals surface area contributed by atoms with E-state index < -0.39 is 17.4 Å². The lowest BCUT2D eigenvalue weighted by Gasteiger charge is -2.10. The maximum absolute atomic E-state index is 12.2. The normalized spacial score (nSPS) is 10.5. The maximum Gasteiger partial charge on any atom is 0.387 e. The van der Waals surface area contributed by atoms with Gasteiger partial charge in [0.1, 0.15) is 5.75 Å². The zero-order chi connectivity index (χ0) is 17.9. The first kappa shape index (κ1) is 18.1. The number of nitrogens with zero attached hydrogens (tertiary/aromatic N) is 1. The molecule has 1 amide bonds. The number of anilines is 1. The second kappa shape index (κ2) is 7.54. The van der Waals surface area contributed by atoms with Crippen molar-refractivity contribution in [1.82, 2.24) is 0 Å². The number of halogens is 4. The molecule has 0 unspecified atom stereocenters. The second-order valence-electron chi connectivity index (χ2n) is 4.40. The van der Waals surface area contributed by atoms with Crippen LogP contribution in [0, 0.1) is 10.1 Å². The van der Waals surface area contributed by atoms with E-state index in [1.165, 1.54) is 30.3 Å². The summed E-state index contributed by atoms with van der Waals surface area (Å²) in [6.45, 7) is -3.02. The van der Waals surface area contributed by atoms with Crippen LogP contribution in [0.4, 0.5) is 20.2 Å². The molecule has 6 nitrogen and oxygen atoms in total. The molecular weight excluding hydrogens is 414 g/mol. The van der Waals surface area contributed by atoms with Crippen molar-refractivity contribution in [3.63, 3.8) is 0 Å². The smallest absolute Gasteiger partial charge is 0.387 e. The molecule has 0 aromatic heterocycles. The zero-order valence-corrected chi connectivity index (χ0v) is 14.0. The Balaban J connectivity index is 2.19. The minimum atomic E-state index is -3.02. The molecule has 0 atom stereocenters. The molecule has 0 aliphatic carbocycles. The van der Waals surface area contributed by atoms with Crippen LogP contribution in [0.5, 0.6) is 5.75 Å². The van der Waals surface area contributed by atoms with Gasteiger partial charge in [0.2, 0.25) is 0 Å². The van der Waals surface area contributed by atoms with Crippen molar-refractivity contribution in [1.29, 1.82) is 0 Å². The zero-order valence-electron chi connectivity index (χ0n) is 11.6. The third-order valence-corrected chi connectivity index (χ3v) is 3.78. The van der Waals surface area contributed by atoms with E-state index in [9.17, 15) is 23.7 Å². The fourth-order valence-corrected chi connectivity index (χ4v) is 2.38. The highest BCUT2D eigenvalue weighted by Gasteiger charge is 2.16. The highest BCUT2D eigenvalue weighted by molar-refractivity contribution is 9.10. The predicted molar refractivity (Wildman–Crippen MR) is 86.8 cm³/mol. The fourth-order valence-electron chi connectivity index (χ4n) is 1.77. The summed E-state index contributed by atoms with van der Waals surface area (Å²) < 4.78 is 28.7. The lowest BCUT2D eigenvalue weighted by Crippen LogP contribution is -2.12. The fraction of sp³-hybridized carbons (Fsp3) is 0.0714. The van der Waals surface area contributed by atoms with Gasteiger partial charge in [-0.15, -0.1) is 0 Å². The molecule has 2 rings (SSSR count). The number of carbonyl (C=O) groups is 1. The average molecular weight is 422 g/mol. The van der Waals surface area contributed by atoms with Gasteiger partial charge in [-0.05, 0) is 46.3 Å². The number of carbonyl (C=O) groups excluding carboxylic acids is 1.